The van der Waals surface area contributed by atoms with E-state index >= 15 is 0 Å². The summed E-state index contributed by atoms with van der Waals surface area (Å²) in [4.78, 5) is 23.0. The minimum atomic E-state index is -1.46. The summed E-state index contributed by atoms with van der Waals surface area (Å²) >= 11 is 0. The van der Waals surface area contributed by atoms with E-state index in [1.54, 1.807) is 48.5 Å². The maximum atomic E-state index is 11.9. The second-order valence-electron chi connectivity index (χ2n) is 5.28. The SMILES string of the molecule is CC(=O)Oc1cccc(CC2(O)NC(=O)c3ccccc32)c1. The van der Waals surface area contributed by atoms with Gasteiger partial charge in [-0.3, -0.25) is 9.59 Å². The number of aliphatic hydroxyl groups is 1. The highest BCUT2D eigenvalue weighted by Gasteiger charge is 2.40. The second-order valence-corrected chi connectivity index (χ2v) is 5.28. The maximum absolute atomic E-state index is 11.9. The van der Waals surface area contributed by atoms with Crippen molar-refractivity contribution in [3.8, 4) is 5.75 Å². The zero-order chi connectivity index (χ0) is 15.7. The van der Waals surface area contributed by atoms with Crippen molar-refractivity contribution in [2.75, 3.05) is 0 Å². The summed E-state index contributed by atoms with van der Waals surface area (Å²) in [7, 11) is 0. The molecule has 0 bridgehead atoms. The fraction of sp³-hybridized carbons (Fsp3) is 0.176. The van der Waals surface area contributed by atoms with Gasteiger partial charge in [-0.15, -0.1) is 0 Å². The minimum Gasteiger partial charge on any atom is -0.427 e. The third-order valence-electron chi connectivity index (χ3n) is 3.56. The lowest BCUT2D eigenvalue weighted by atomic mass is 9.95. The first-order valence-electron chi connectivity index (χ1n) is 6.90. The molecule has 0 saturated carbocycles. The topological polar surface area (TPSA) is 75.6 Å². The van der Waals surface area contributed by atoms with Gasteiger partial charge in [0.15, 0.2) is 5.72 Å². The molecule has 0 spiro atoms. The highest BCUT2D eigenvalue weighted by atomic mass is 16.5. The Morgan fingerprint density at radius 1 is 1.23 bits per heavy atom. The molecule has 5 nitrogen and oxygen atoms in total. The van der Waals surface area contributed by atoms with Crippen LogP contribution in [-0.4, -0.2) is 17.0 Å². The number of fused-ring (bicyclic) bond motifs is 1. The lowest BCUT2D eigenvalue weighted by Gasteiger charge is -2.24. The molecule has 1 aliphatic rings. The number of nitrogens with one attached hydrogen (secondary N) is 1. The van der Waals surface area contributed by atoms with Crippen LogP contribution in [0.25, 0.3) is 0 Å². The zero-order valence-corrected chi connectivity index (χ0v) is 12.0. The van der Waals surface area contributed by atoms with Gasteiger partial charge in [0.05, 0.1) is 0 Å². The Bertz CT molecular complexity index is 756. The Morgan fingerprint density at radius 2 is 2.00 bits per heavy atom. The largest absolute Gasteiger partial charge is 0.427 e. The first-order chi connectivity index (χ1) is 10.5. The number of ether oxygens (including phenoxy) is 1. The van der Waals surface area contributed by atoms with E-state index in [2.05, 4.69) is 5.32 Å². The minimum absolute atomic E-state index is 0.185. The standard InChI is InChI=1S/C17H15NO4/c1-11(19)22-13-6-4-5-12(9-13)10-17(21)15-8-3-2-7-14(15)16(20)18-17/h2-9,21H,10H2,1H3,(H,18,20). The molecule has 0 aromatic heterocycles. The van der Waals surface area contributed by atoms with Gasteiger partial charge in [0.1, 0.15) is 5.75 Å². The quantitative estimate of drug-likeness (QED) is 0.668. The fourth-order valence-electron chi connectivity index (χ4n) is 2.68. The van der Waals surface area contributed by atoms with Crippen molar-refractivity contribution in [2.24, 2.45) is 0 Å². The van der Waals surface area contributed by atoms with Gasteiger partial charge in [-0.25, -0.2) is 0 Å². The van der Waals surface area contributed by atoms with Gasteiger partial charge < -0.3 is 15.2 Å². The summed E-state index contributed by atoms with van der Waals surface area (Å²) in [5, 5.41) is 13.4. The molecular weight excluding hydrogens is 282 g/mol. The van der Waals surface area contributed by atoms with E-state index in [1.807, 2.05) is 0 Å². The molecule has 0 fully saturated rings. The lowest BCUT2D eigenvalue weighted by Crippen LogP contribution is -2.41. The third-order valence-corrected chi connectivity index (χ3v) is 3.56. The lowest BCUT2D eigenvalue weighted by molar-refractivity contribution is -0.131. The summed E-state index contributed by atoms with van der Waals surface area (Å²) in [6, 6.07) is 13.8. The summed E-state index contributed by atoms with van der Waals surface area (Å²) in [5.74, 6) is -0.296. The van der Waals surface area contributed by atoms with E-state index in [0.717, 1.165) is 5.56 Å². The van der Waals surface area contributed by atoms with Crippen LogP contribution >= 0.6 is 0 Å². The van der Waals surface area contributed by atoms with Gasteiger partial charge in [-0.2, -0.15) is 0 Å². The van der Waals surface area contributed by atoms with E-state index in [4.69, 9.17) is 4.74 Å². The average molecular weight is 297 g/mol. The van der Waals surface area contributed by atoms with Gasteiger partial charge >= 0.3 is 5.97 Å². The Labute approximate surface area is 127 Å². The van der Waals surface area contributed by atoms with Crippen LogP contribution in [0.4, 0.5) is 0 Å². The van der Waals surface area contributed by atoms with Crippen LogP contribution in [0.3, 0.4) is 0 Å². The first-order valence-corrected chi connectivity index (χ1v) is 6.90. The Hall–Kier alpha value is -2.66. The number of carbonyl (C=O) groups is 2. The molecule has 1 aliphatic heterocycles. The monoisotopic (exact) mass is 297 g/mol. The van der Waals surface area contributed by atoms with Crippen molar-refractivity contribution in [1.29, 1.82) is 0 Å². The summed E-state index contributed by atoms with van der Waals surface area (Å²) in [6.45, 7) is 1.33. The summed E-state index contributed by atoms with van der Waals surface area (Å²) < 4.78 is 5.03. The Balaban J connectivity index is 1.90. The van der Waals surface area contributed by atoms with Gasteiger partial charge in [-0.1, -0.05) is 30.3 Å². The first kappa shape index (κ1) is 14.3. The highest BCUT2D eigenvalue weighted by molar-refractivity contribution is 5.99. The third kappa shape index (κ3) is 2.58. The van der Waals surface area contributed by atoms with E-state index in [-0.39, 0.29) is 12.3 Å². The van der Waals surface area contributed by atoms with Crippen LogP contribution < -0.4 is 10.1 Å². The van der Waals surface area contributed by atoms with E-state index in [1.165, 1.54) is 6.92 Å². The van der Waals surface area contributed by atoms with Crippen molar-refractivity contribution in [1.82, 2.24) is 5.32 Å². The molecule has 112 valence electrons. The van der Waals surface area contributed by atoms with E-state index in [0.29, 0.717) is 16.9 Å². The van der Waals surface area contributed by atoms with E-state index in [9.17, 15) is 14.7 Å². The van der Waals surface area contributed by atoms with Crippen molar-refractivity contribution >= 4 is 11.9 Å². The number of benzene rings is 2. The van der Waals surface area contributed by atoms with Crippen LogP contribution in [0.2, 0.25) is 0 Å². The number of esters is 1. The predicted molar refractivity (Wildman–Crippen MR) is 79.3 cm³/mol. The molecule has 5 heteroatoms. The molecule has 22 heavy (non-hydrogen) atoms. The summed E-state index contributed by atoms with van der Waals surface area (Å²) in [5.41, 5.74) is 0.319. The van der Waals surface area contributed by atoms with Gasteiger partial charge in [-0.05, 0) is 23.8 Å². The number of amides is 1. The van der Waals surface area contributed by atoms with Crippen LogP contribution in [0.15, 0.2) is 48.5 Å². The molecule has 0 saturated heterocycles. The Kier molecular flexibility index (Phi) is 3.42. The molecule has 1 amide bonds. The van der Waals surface area contributed by atoms with Gasteiger partial charge in [0.25, 0.3) is 5.91 Å². The second kappa shape index (κ2) is 5.27. The molecule has 1 unspecified atom stereocenters. The smallest absolute Gasteiger partial charge is 0.308 e. The molecule has 0 aliphatic carbocycles. The molecule has 2 aromatic carbocycles. The Morgan fingerprint density at radius 3 is 2.77 bits per heavy atom. The fourth-order valence-corrected chi connectivity index (χ4v) is 2.68. The van der Waals surface area contributed by atoms with Gasteiger partial charge in [0.2, 0.25) is 0 Å². The molecule has 1 atom stereocenters. The number of carbonyl (C=O) groups excluding carboxylic acids is 2. The molecule has 1 heterocycles. The van der Waals surface area contributed by atoms with Crippen LogP contribution in [0.1, 0.15) is 28.4 Å². The molecule has 0 radical (unpaired) electrons. The van der Waals surface area contributed by atoms with Crippen molar-refractivity contribution < 1.29 is 19.4 Å². The average Bonchev–Trinajstić information content (AvgIpc) is 2.70. The summed E-state index contributed by atoms with van der Waals surface area (Å²) in [6.07, 6.45) is 0.185. The molecule has 3 rings (SSSR count). The highest BCUT2D eigenvalue weighted by Crippen LogP contribution is 2.32. The molecule has 2 aromatic rings. The van der Waals surface area contributed by atoms with Crippen LogP contribution in [0, 0.1) is 0 Å². The van der Waals surface area contributed by atoms with Crippen molar-refractivity contribution in [2.45, 2.75) is 19.1 Å². The normalized spacial score (nSPS) is 19.5. The molecule has 2 N–H and O–H groups in total. The molecular formula is C17H15NO4. The predicted octanol–water partition coefficient (Wildman–Crippen LogP) is 1.74. The number of hydrogen-bond acceptors (Lipinski definition) is 4. The number of rotatable bonds is 3. The van der Waals surface area contributed by atoms with E-state index < -0.39 is 11.7 Å². The van der Waals surface area contributed by atoms with Crippen LogP contribution in [-0.2, 0) is 16.9 Å². The van der Waals surface area contributed by atoms with Crippen LogP contribution in [0.5, 0.6) is 5.75 Å². The van der Waals surface area contributed by atoms with Crippen molar-refractivity contribution in [3.05, 3.63) is 65.2 Å². The number of hydrogen-bond donors (Lipinski definition) is 2. The maximum Gasteiger partial charge on any atom is 0.308 e. The van der Waals surface area contributed by atoms with Crippen molar-refractivity contribution in [3.63, 3.8) is 0 Å². The zero-order valence-electron chi connectivity index (χ0n) is 12.0. The van der Waals surface area contributed by atoms with Gasteiger partial charge in [0, 0.05) is 24.5 Å².